The van der Waals surface area contributed by atoms with E-state index in [1.54, 1.807) is 20.8 Å². The highest BCUT2D eigenvalue weighted by Crippen LogP contribution is 2.22. The number of hydrogen-bond acceptors (Lipinski definition) is 5. The molecule has 0 radical (unpaired) electrons. The van der Waals surface area contributed by atoms with Crippen LogP contribution in [-0.4, -0.2) is 41.0 Å². The van der Waals surface area contributed by atoms with Crippen LogP contribution in [-0.2, 0) is 20.7 Å². The molecule has 0 aromatic heterocycles. The van der Waals surface area contributed by atoms with Crippen molar-refractivity contribution >= 4 is 23.4 Å². The van der Waals surface area contributed by atoms with E-state index in [1.165, 1.54) is 7.05 Å². The molecule has 1 amide bonds. The van der Waals surface area contributed by atoms with Crippen LogP contribution in [0.3, 0.4) is 0 Å². The van der Waals surface area contributed by atoms with E-state index in [0.29, 0.717) is 25.0 Å². The fraction of sp³-hybridized carbons (Fsp3) is 0.524. The van der Waals surface area contributed by atoms with Crippen molar-refractivity contribution in [2.45, 2.75) is 59.0 Å². The quantitative estimate of drug-likeness (QED) is 0.596. The molecule has 1 aromatic carbocycles. The number of ether oxygens (including phenoxy) is 1. The number of benzene rings is 1. The van der Waals surface area contributed by atoms with Crippen LogP contribution >= 0.6 is 0 Å². The van der Waals surface area contributed by atoms with Crippen molar-refractivity contribution in [1.82, 2.24) is 5.01 Å². The normalized spacial score (nSPS) is 19.1. The van der Waals surface area contributed by atoms with Crippen LogP contribution < -0.4 is 0 Å². The highest BCUT2D eigenvalue weighted by molar-refractivity contribution is 6.22. The molecule has 27 heavy (non-hydrogen) atoms. The molecule has 0 spiro atoms. The minimum Gasteiger partial charge on any atom is -0.442 e. The second-order valence-electron chi connectivity index (χ2n) is 7.98. The molecular weight excluding hydrogens is 344 g/mol. The Balaban J connectivity index is 2.19. The van der Waals surface area contributed by atoms with Gasteiger partial charge in [-0.3, -0.25) is 9.59 Å². The van der Waals surface area contributed by atoms with Crippen LogP contribution in [0.15, 0.2) is 29.4 Å². The van der Waals surface area contributed by atoms with Crippen molar-refractivity contribution in [3.05, 3.63) is 35.4 Å². The third-order valence-corrected chi connectivity index (χ3v) is 4.23. The molecule has 0 aliphatic heterocycles. The van der Waals surface area contributed by atoms with Crippen LogP contribution in [0, 0.1) is 12.8 Å². The first-order chi connectivity index (χ1) is 12.6. The second kappa shape index (κ2) is 8.46. The second-order valence-corrected chi connectivity index (χ2v) is 7.98. The van der Waals surface area contributed by atoms with Gasteiger partial charge in [-0.05, 0) is 46.1 Å². The molecule has 1 aliphatic rings. The lowest BCUT2D eigenvalue weighted by atomic mass is 9.81. The summed E-state index contributed by atoms with van der Waals surface area (Å²) in [6.45, 7) is 7.26. The molecule has 0 saturated heterocycles. The molecule has 1 unspecified atom stereocenters. The smallest absolute Gasteiger partial charge is 0.430 e. The van der Waals surface area contributed by atoms with Crippen molar-refractivity contribution in [3.63, 3.8) is 0 Å². The number of amides is 1. The first kappa shape index (κ1) is 20.8. The van der Waals surface area contributed by atoms with Gasteiger partial charge in [0.2, 0.25) is 0 Å². The fourth-order valence-corrected chi connectivity index (χ4v) is 3.08. The molecule has 0 N–H and O–H groups in total. The average Bonchev–Trinajstić information content (AvgIpc) is 2.53. The summed E-state index contributed by atoms with van der Waals surface area (Å²) in [4.78, 5) is 37.4. The molecule has 1 aliphatic carbocycles. The summed E-state index contributed by atoms with van der Waals surface area (Å²) in [5.41, 5.74) is 1.73. The minimum absolute atomic E-state index is 0.129. The Morgan fingerprint density at radius 1 is 1.26 bits per heavy atom. The van der Waals surface area contributed by atoms with Crippen molar-refractivity contribution in [3.8, 4) is 0 Å². The SMILES string of the molecule is Cc1cccc(CC(=O)C2C(=O)CCC/C2=N/N(C)C(=O)OC(C)(C)C)c1. The van der Waals surface area contributed by atoms with Gasteiger partial charge in [-0.2, -0.15) is 5.10 Å². The summed E-state index contributed by atoms with van der Waals surface area (Å²) in [5, 5.41) is 5.34. The van der Waals surface area contributed by atoms with Gasteiger partial charge in [0.15, 0.2) is 5.78 Å². The summed E-state index contributed by atoms with van der Waals surface area (Å²) in [7, 11) is 1.47. The summed E-state index contributed by atoms with van der Waals surface area (Å²) < 4.78 is 5.28. The zero-order chi connectivity index (χ0) is 20.2. The van der Waals surface area contributed by atoms with E-state index in [9.17, 15) is 14.4 Å². The predicted molar refractivity (Wildman–Crippen MR) is 104 cm³/mol. The zero-order valence-corrected chi connectivity index (χ0v) is 16.7. The molecule has 146 valence electrons. The molecule has 1 fully saturated rings. The molecule has 1 aromatic rings. The van der Waals surface area contributed by atoms with Crippen LogP contribution in [0.1, 0.15) is 51.2 Å². The Bertz CT molecular complexity index is 762. The van der Waals surface area contributed by atoms with Gasteiger partial charge in [0.05, 0.1) is 5.71 Å². The van der Waals surface area contributed by atoms with E-state index in [0.717, 1.165) is 16.1 Å². The Morgan fingerprint density at radius 2 is 1.96 bits per heavy atom. The average molecular weight is 372 g/mol. The Kier molecular flexibility index (Phi) is 6.52. The number of hydrazone groups is 1. The van der Waals surface area contributed by atoms with Gasteiger partial charge in [-0.15, -0.1) is 0 Å². The topological polar surface area (TPSA) is 76.0 Å². The highest BCUT2D eigenvalue weighted by atomic mass is 16.6. The largest absolute Gasteiger partial charge is 0.442 e. The number of Topliss-reactive ketones (excluding diaryl/α,β-unsaturated/α-hetero) is 2. The van der Waals surface area contributed by atoms with Crippen LogP contribution in [0.4, 0.5) is 4.79 Å². The van der Waals surface area contributed by atoms with Crippen LogP contribution in [0.25, 0.3) is 0 Å². The predicted octanol–water partition coefficient (Wildman–Crippen LogP) is 3.70. The molecule has 2 rings (SSSR count). The standard InChI is InChI=1S/C21H28N2O4/c1-14-8-6-9-15(12-14)13-18(25)19-16(10-7-11-17(19)24)22-23(5)20(26)27-21(2,3)4/h6,8-9,12,19H,7,10-11,13H2,1-5H3/b22-16-. The number of carbonyl (C=O) groups excluding carboxylic acids is 3. The highest BCUT2D eigenvalue weighted by Gasteiger charge is 2.35. The van der Waals surface area contributed by atoms with Gasteiger partial charge in [0.25, 0.3) is 0 Å². The first-order valence-electron chi connectivity index (χ1n) is 9.22. The summed E-state index contributed by atoms with van der Waals surface area (Å²) in [6, 6.07) is 7.67. The maximum atomic E-state index is 12.8. The molecule has 0 heterocycles. The lowest BCUT2D eigenvalue weighted by molar-refractivity contribution is -0.130. The maximum absolute atomic E-state index is 12.8. The molecule has 1 saturated carbocycles. The van der Waals surface area contributed by atoms with E-state index in [-0.39, 0.29) is 18.0 Å². The molecule has 1 atom stereocenters. The minimum atomic E-state index is -0.885. The van der Waals surface area contributed by atoms with Crippen LogP contribution in [0.2, 0.25) is 0 Å². The summed E-state index contributed by atoms with van der Waals surface area (Å²) in [6.07, 6.45) is 1.07. The number of hydrogen-bond donors (Lipinski definition) is 0. The lowest BCUT2D eigenvalue weighted by Gasteiger charge is -2.25. The van der Waals surface area contributed by atoms with Gasteiger partial charge in [-0.25, -0.2) is 9.80 Å². The van der Waals surface area contributed by atoms with Crippen molar-refractivity contribution in [2.24, 2.45) is 11.0 Å². The van der Waals surface area contributed by atoms with Crippen molar-refractivity contribution in [2.75, 3.05) is 7.05 Å². The molecular formula is C21H28N2O4. The maximum Gasteiger partial charge on any atom is 0.430 e. The monoisotopic (exact) mass is 372 g/mol. The van der Waals surface area contributed by atoms with Gasteiger partial charge < -0.3 is 4.74 Å². The fourth-order valence-electron chi connectivity index (χ4n) is 3.08. The van der Waals surface area contributed by atoms with Gasteiger partial charge in [-0.1, -0.05) is 29.8 Å². The Morgan fingerprint density at radius 3 is 2.59 bits per heavy atom. The number of carbonyl (C=O) groups is 3. The lowest BCUT2D eigenvalue weighted by Crippen LogP contribution is -2.39. The van der Waals surface area contributed by atoms with E-state index in [4.69, 9.17) is 4.74 Å². The molecule has 6 nitrogen and oxygen atoms in total. The number of ketones is 2. The van der Waals surface area contributed by atoms with E-state index >= 15 is 0 Å². The Labute approximate surface area is 160 Å². The van der Waals surface area contributed by atoms with Gasteiger partial charge >= 0.3 is 6.09 Å². The van der Waals surface area contributed by atoms with E-state index in [2.05, 4.69) is 5.10 Å². The molecule has 0 bridgehead atoms. The molecule has 6 heteroatoms. The van der Waals surface area contributed by atoms with Gasteiger partial charge in [0.1, 0.15) is 17.3 Å². The number of rotatable bonds is 4. The van der Waals surface area contributed by atoms with E-state index in [1.807, 2.05) is 31.2 Å². The number of nitrogens with zero attached hydrogens (tertiary/aromatic N) is 2. The third kappa shape index (κ3) is 6.01. The van der Waals surface area contributed by atoms with E-state index < -0.39 is 17.6 Å². The van der Waals surface area contributed by atoms with Crippen molar-refractivity contribution < 1.29 is 19.1 Å². The Hall–Kier alpha value is -2.50. The summed E-state index contributed by atoms with van der Waals surface area (Å²) in [5.74, 6) is -1.19. The van der Waals surface area contributed by atoms with Crippen LogP contribution in [0.5, 0.6) is 0 Å². The number of aryl methyl sites for hydroxylation is 1. The third-order valence-electron chi connectivity index (χ3n) is 4.23. The van der Waals surface area contributed by atoms with Crippen molar-refractivity contribution in [1.29, 1.82) is 0 Å². The summed E-state index contributed by atoms with van der Waals surface area (Å²) >= 11 is 0. The van der Waals surface area contributed by atoms with Gasteiger partial charge in [0, 0.05) is 19.9 Å². The zero-order valence-electron chi connectivity index (χ0n) is 16.7. The first-order valence-corrected chi connectivity index (χ1v) is 9.22.